The van der Waals surface area contributed by atoms with E-state index in [-0.39, 0.29) is 27.2 Å². The molecule has 0 bridgehead atoms. The van der Waals surface area contributed by atoms with Gasteiger partial charge < -0.3 is 14.7 Å². The van der Waals surface area contributed by atoms with Crippen LogP contribution in [0.5, 0.6) is 11.5 Å². The Labute approximate surface area is 209 Å². The molecule has 36 heavy (non-hydrogen) atoms. The Balaban J connectivity index is 2.04. The summed E-state index contributed by atoms with van der Waals surface area (Å²) in [5.41, 5.74) is -2.03. The van der Waals surface area contributed by atoms with Crippen molar-refractivity contribution in [1.82, 2.24) is 0 Å². The number of alkyl halides is 8. The van der Waals surface area contributed by atoms with Crippen LogP contribution in [-0.4, -0.2) is 30.1 Å². The van der Waals surface area contributed by atoms with Gasteiger partial charge in [-0.3, -0.25) is 0 Å². The zero-order valence-electron chi connectivity index (χ0n) is 17.7. The summed E-state index contributed by atoms with van der Waals surface area (Å²) in [5.74, 6) is -5.00. The molecule has 3 aromatic carbocycles. The Morgan fingerprint density at radius 1 is 0.750 bits per heavy atom. The first-order valence-electron chi connectivity index (χ1n) is 9.90. The molecular formula is C23H15Cl2F8NO2. The molecule has 0 saturated heterocycles. The van der Waals surface area contributed by atoms with Crippen LogP contribution >= 0.6 is 23.2 Å². The molecule has 194 valence electrons. The van der Waals surface area contributed by atoms with Crippen molar-refractivity contribution in [2.75, 3.05) is 11.4 Å². The Bertz CT molecular complexity index is 1220. The standard InChI is InChI=1S/C23H15Cl2F8NO2/c24-18-8-7-17(11-19(18)25)36-16-6-2-5-15(10-16)34(12-20(35)22(28,29)30)14-4-1-3-13(9-14)21(26,27)23(31,32)33/h1-11,20,35H,12H2. The van der Waals surface area contributed by atoms with Crippen LogP contribution < -0.4 is 9.64 Å². The van der Waals surface area contributed by atoms with Crippen molar-refractivity contribution >= 4 is 34.6 Å². The van der Waals surface area contributed by atoms with Crippen molar-refractivity contribution in [1.29, 1.82) is 0 Å². The zero-order chi connectivity index (χ0) is 26.9. The Hall–Kier alpha value is -2.76. The van der Waals surface area contributed by atoms with Crippen LogP contribution in [0.25, 0.3) is 0 Å². The maximum absolute atomic E-state index is 13.9. The van der Waals surface area contributed by atoms with E-state index in [1.165, 1.54) is 42.5 Å². The first-order valence-corrected chi connectivity index (χ1v) is 10.7. The van der Waals surface area contributed by atoms with Crippen molar-refractivity contribution in [2.45, 2.75) is 24.4 Å². The van der Waals surface area contributed by atoms with E-state index in [9.17, 15) is 40.2 Å². The number of aliphatic hydroxyl groups is 1. The third-order valence-electron chi connectivity index (χ3n) is 4.87. The third kappa shape index (κ3) is 6.32. The summed E-state index contributed by atoms with van der Waals surface area (Å²) >= 11 is 11.8. The number of benzene rings is 3. The van der Waals surface area contributed by atoms with Crippen molar-refractivity contribution < 1.29 is 45.0 Å². The van der Waals surface area contributed by atoms with Gasteiger partial charge in [0, 0.05) is 29.1 Å². The summed E-state index contributed by atoms with van der Waals surface area (Å²) < 4.78 is 111. The lowest BCUT2D eigenvalue weighted by Crippen LogP contribution is -2.39. The zero-order valence-corrected chi connectivity index (χ0v) is 19.2. The molecule has 1 atom stereocenters. The van der Waals surface area contributed by atoms with Gasteiger partial charge in [-0.05, 0) is 36.4 Å². The fourth-order valence-corrected chi connectivity index (χ4v) is 3.35. The van der Waals surface area contributed by atoms with Gasteiger partial charge in [0.1, 0.15) is 11.5 Å². The molecule has 0 spiro atoms. The number of hydrogen-bond donors (Lipinski definition) is 1. The molecule has 0 aliphatic rings. The quantitative estimate of drug-likeness (QED) is 0.294. The molecule has 0 heterocycles. The van der Waals surface area contributed by atoms with Gasteiger partial charge in [0.15, 0.2) is 6.10 Å². The number of rotatable bonds is 7. The van der Waals surface area contributed by atoms with Crippen LogP contribution in [0.4, 0.5) is 46.5 Å². The second kappa shape index (κ2) is 10.3. The fraction of sp³-hybridized carbons (Fsp3) is 0.217. The number of anilines is 2. The average Bonchev–Trinajstić information content (AvgIpc) is 2.78. The molecule has 0 radical (unpaired) electrons. The minimum Gasteiger partial charge on any atom is -0.457 e. The van der Waals surface area contributed by atoms with E-state index in [1.807, 2.05) is 0 Å². The second-order valence-electron chi connectivity index (χ2n) is 7.47. The van der Waals surface area contributed by atoms with E-state index in [2.05, 4.69) is 0 Å². The van der Waals surface area contributed by atoms with Crippen LogP contribution in [0.15, 0.2) is 66.7 Å². The van der Waals surface area contributed by atoms with Gasteiger partial charge >= 0.3 is 18.3 Å². The first kappa shape index (κ1) is 27.8. The van der Waals surface area contributed by atoms with E-state index in [4.69, 9.17) is 27.9 Å². The highest BCUT2D eigenvalue weighted by molar-refractivity contribution is 6.42. The minimum atomic E-state index is -5.93. The molecule has 0 saturated carbocycles. The van der Waals surface area contributed by atoms with Crippen LogP contribution in [0, 0.1) is 0 Å². The van der Waals surface area contributed by atoms with Crippen molar-refractivity contribution in [3.8, 4) is 11.5 Å². The Kier molecular flexibility index (Phi) is 7.97. The van der Waals surface area contributed by atoms with Crippen molar-refractivity contribution in [3.63, 3.8) is 0 Å². The summed E-state index contributed by atoms with van der Waals surface area (Å²) in [6.07, 6.45) is -14.0. The maximum Gasteiger partial charge on any atom is 0.458 e. The van der Waals surface area contributed by atoms with Gasteiger partial charge in [0.05, 0.1) is 16.6 Å². The summed E-state index contributed by atoms with van der Waals surface area (Å²) in [6.45, 7) is -1.21. The molecule has 0 fully saturated rings. The van der Waals surface area contributed by atoms with Gasteiger partial charge in [-0.2, -0.15) is 35.1 Å². The average molecular weight is 560 g/mol. The van der Waals surface area contributed by atoms with Crippen LogP contribution in [-0.2, 0) is 5.92 Å². The Morgan fingerprint density at radius 3 is 1.92 bits per heavy atom. The van der Waals surface area contributed by atoms with Gasteiger partial charge in [0.25, 0.3) is 0 Å². The molecular weight excluding hydrogens is 545 g/mol. The predicted octanol–water partition coefficient (Wildman–Crippen LogP) is 8.50. The van der Waals surface area contributed by atoms with E-state index in [0.29, 0.717) is 12.1 Å². The van der Waals surface area contributed by atoms with Gasteiger partial charge in [0.2, 0.25) is 0 Å². The number of nitrogens with zero attached hydrogens (tertiary/aromatic N) is 1. The minimum absolute atomic E-state index is 0.0640. The summed E-state index contributed by atoms with van der Waals surface area (Å²) in [7, 11) is 0. The molecule has 0 amide bonds. The smallest absolute Gasteiger partial charge is 0.457 e. The van der Waals surface area contributed by atoms with Crippen LogP contribution in [0.3, 0.4) is 0 Å². The highest BCUT2D eigenvalue weighted by Gasteiger charge is 2.58. The molecule has 0 aliphatic heterocycles. The van der Waals surface area contributed by atoms with Gasteiger partial charge in [-0.25, -0.2) is 0 Å². The lowest BCUT2D eigenvalue weighted by molar-refractivity contribution is -0.289. The van der Waals surface area contributed by atoms with E-state index < -0.39 is 42.2 Å². The number of ether oxygens (including phenoxy) is 1. The summed E-state index contributed by atoms with van der Waals surface area (Å²) in [4.78, 5) is 0.746. The molecule has 13 heteroatoms. The SMILES string of the molecule is OC(CN(c1cccc(Oc2ccc(Cl)c(Cl)c2)c1)c1cccc(C(F)(F)C(F)(F)F)c1)C(F)(F)F. The Morgan fingerprint density at radius 2 is 1.33 bits per heavy atom. The van der Waals surface area contributed by atoms with E-state index in [0.717, 1.165) is 17.0 Å². The summed E-state index contributed by atoms with van der Waals surface area (Å²) in [5, 5.41) is 10.0. The van der Waals surface area contributed by atoms with Crippen molar-refractivity contribution in [3.05, 3.63) is 82.3 Å². The number of aliphatic hydroxyl groups excluding tert-OH is 1. The first-order chi connectivity index (χ1) is 16.6. The van der Waals surface area contributed by atoms with Crippen LogP contribution in [0.1, 0.15) is 5.56 Å². The summed E-state index contributed by atoms with van der Waals surface area (Å²) in [6, 6.07) is 12.3. The lowest BCUT2D eigenvalue weighted by Gasteiger charge is -2.30. The van der Waals surface area contributed by atoms with Gasteiger partial charge in [-0.15, -0.1) is 0 Å². The van der Waals surface area contributed by atoms with Gasteiger partial charge in [-0.1, -0.05) is 41.4 Å². The molecule has 0 aromatic heterocycles. The molecule has 3 aromatic rings. The predicted molar refractivity (Wildman–Crippen MR) is 118 cm³/mol. The second-order valence-corrected chi connectivity index (χ2v) is 8.28. The molecule has 0 aliphatic carbocycles. The monoisotopic (exact) mass is 559 g/mol. The normalized spacial score (nSPS) is 13.4. The fourth-order valence-electron chi connectivity index (χ4n) is 3.06. The van der Waals surface area contributed by atoms with Crippen molar-refractivity contribution in [2.24, 2.45) is 0 Å². The topological polar surface area (TPSA) is 32.7 Å². The molecule has 1 N–H and O–H groups in total. The highest BCUT2D eigenvalue weighted by atomic mass is 35.5. The highest BCUT2D eigenvalue weighted by Crippen LogP contribution is 2.45. The number of halogens is 10. The number of hydrogen-bond acceptors (Lipinski definition) is 3. The third-order valence-corrected chi connectivity index (χ3v) is 5.60. The van der Waals surface area contributed by atoms with E-state index in [1.54, 1.807) is 0 Å². The van der Waals surface area contributed by atoms with E-state index >= 15 is 0 Å². The van der Waals surface area contributed by atoms with Crippen LogP contribution in [0.2, 0.25) is 10.0 Å². The molecule has 1 unspecified atom stereocenters. The molecule has 3 nitrogen and oxygen atoms in total. The molecule has 3 rings (SSSR count). The maximum atomic E-state index is 13.9. The largest absolute Gasteiger partial charge is 0.458 e. The lowest BCUT2D eigenvalue weighted by atomic mass is 10.1.